The zero-order valence-electron chi connectivity index (χ0n) is 8.78. The van der Waals surface area contributed by atoms with Crippen molar-refractivity contribution in [3.63, 3.8) is 0 Å². The van der Waals surface area contributed by atoms with Gasteiger partial charge in [-0.15, -0.1) is 0 Å². The molecule has 0 fully saturated rings. The maximum Gasteiger partial charge on any atom is 0.471 e. The number of rotatable bonds is 7. The van der Waals surface area contributed by atoms with Crippen molar-refractivity contribution >= 4 is 5.91 Å². The maximum atomic E-state index is 11.7. The summed E-state index contributed by atoms with van der Waals surface area (Å²) < 4.78 is 35.1. The van der Waals surface area contributed by atoms with Crippen LogP contribution in [0.5, 0.6) is 0 Å². The molecule has 0 aromatic heterocycles. The summed E-state index contributed by atoms with van der Waals surface area (Å²) in [6, 6.07) is 0. The first-order chi connectivity index (χ1) is 6.98. The molecule has 0 bridgehead atoms. The van der Waals surface area contributed by atoms with Gasteiger partial charge in [-0.05, 0) is 25.9 Å². The van der Waals surface area contributed by atoms with Crippen LogP contribution in [0.1, 0.15) is 26.2 Å². The zero-order valence-corrected chi connectivity index (χ0v) is 8.78. The fourth-order valence-corrected chi connectivity index (χ4v) is 0.942. The van der Waals surface area contributed by atoms with Crippen molar-refractivity contribution in [2.75, 3.05) is 19.6 Å². The summed E-state index contributed by atoms with van der Waals surface area (Å²) in [7, 11) is 0. The van der Waals surface area contributed by atoms with Crippen molar-refractivity contribution in [3.05, 3.63) is 0 Å². The van der Waals surface area contributed by atoms with E-state index in [4.69, 9.17) is 0 Å². The fourth-order valence-electron chi connectivity index (χ4n) is 0.942. The van der Waals surface area contributed by atoms with Gasteiger partial charge in [-0.1, -0.05) is 13.3 Å². The Hall–Kier alpha value is -0.780. The van der Waals surface area contributed by atoms with Crippen LogP contribution in [-0.4, -0.2) is 31.7 Å². The summed E-state index contributed by atoms with van der Waals surface area (Å²) in [6.45, 7) is 3.60. The van der Waals surface area contributed by atoms with Crippen LogP contribution in [0.3, 0.4) is 0 Å². The Bertz CT molecular complexity index is 183. The molecule has 0 rings (SSSR count). The number of unbranched alkanes of at least 4 members (excludes halogenated alkanes) is 1. The predicted molar refractivity (Wildman–Crippen MR) is 51.5 cm³/mol. The lowest BCUT2D eigenvalue weighted by Gasteiger charge is -2.08. The molecule has 0 aromatic rings. The van der Waals surface area contributed by atoms with Gasteiger partial charge in [-0.2, -0.15) is 13.2 Å². The Labute approximate surface area is 87.4 Å². The van der Waals surface area contributed by atoms with Gasteiger partial charge >= 0.3 is 12.1 Å². The first-order valence-electron chi connectivity index (χ1n) is 5.04. The van der Waals surface area contributed by atoms with Crippen LogP contribution in [0.2, 0.25) is 0 Å². The van der Waals surface area contributed by atoms with Crippen molar-refractivity contribution in [1.82, 2.24) is 10.6 Å². The highest BCUT2D eigenvalue weighted by molar-refractivity contribution is 5.81. The minimum Gasteiger partial charge on any atom is -0.348 e. The molecule has 15 heavy (non-hydrogen) atoms. The van der Waals surface area contributed by atoms with Gasteiger partial charge in [0.2, 0.25) is 0 Å². The van der Waals surface area contributed by atoms with Crippen LogP contribution < -0.4 is 10.6 Å². The minimum absolute atomic E-state index is 0.0530. The lowest BCUT2D eigenvalue weighted by molar-refractivity contribution is -0.173. The van der Waals surface area contributed by atoms with E-state index in [0.29, 0.717) is 13.0 Å². The number of carbonyl (C=O) groups excluding carboxylic acids is 1. The third-order valence-corrected chi connectivity index (χ3v) is 1.78. The molecule has 6 heteroatoms. The summed E-state index contributed by atoms with van der Waals surface area (Å²) in [4.78, 5) is 10.3. The highest BCUT2D eigenvalue weighted by Crippen LogP contribution is 2.13. The van der Waals surface area contributed by atoms with Crippen LogP contribution >= 0.6 is 0 Å². The van der Waals surface area contributed by atoms with Crippen LogP contribution in [-0.2, 0) is 4.79 Å². The van der Waals surface area contributed by atoms with Crippen LogP contribution in [0.15, 0.2) is 0 Å². The van der Waals surface area contributed by atoms with Gasteiger partial charge in [0.15, 0.2) is 0 Å². The molecule has 0 aliphatic heterocycles. The Morgan fingerprint density at radius 1 is 1.13 bits per heavy atom. The van der Waals surface area contributed by atoms with Gasteiger partial charge in [-0.3, -0.25) is 4.79 Å². The molecule has 0 saturated carbocycles. The van der Waals surface area contributed by atoms with Gasteiger partial charge in [-0.25, -0.2) is 0 Å². The Morgan fingerprint density at radius 3 is 2.27 bits per heavy atom. The van der Waals surface area contributed by atoms with E-state index >= 15 is 0 Å². The van der Waals surface area contributed by atoms with E-state index in [1.54, 1.807) is 0 Å². The molecule has 2 N–H and O–H groups in total. The molecule has 0 unspecified atom stereocenters. The van der Waals surface area contributed by atoms with Crippen molar-refractivity contribution in [2.24, 2.45) is 0 Å². The standard InChI is InChI=1S/C9H17F3N2O/c1-2-3-5-13-6-4-7-14-8(15)9(10,11)12/h13H,2-7H2,1H3,(H,14,15). The quantitative estimate of drug-likeness (QED) is 0.645. The smallest absolute Gasteiger partial charge is 0.348 e. The molecule has 1 amide bonds. The highest BCUT2D eigenvalue weighted by Gasteiger charge is 2.38. The summed E-state index contributed by atoms with van der Waals surface area (Å²) in [6.07, 6.45) is -2.13. The van der Waals surface area contributed by atoms with Crippen LogP contribution in [0, 0.1) is 0 Å². The molecule has 0 aliphatic rings. The summed E-state index contributed by atoms with van der Waals surface area (Å²) in [5.74, 6) is -1.86. The minimum atomic E-state index is -4.77. The van der Waals surface area contributed by atoms with E-state index < -0.39 is 12.1 Å². The van der Waals surface area contributed by atoms with Gasteiger partial charge in [0, 0.05) is 6.54 Å². The van der Waals surface area contributed by atoms with Crippen molar-refractivity contribution in [2.45, 2.75) is 32.4 Å². The maximum absolute atomic E-state index is 11.7. The molecule has 0 spiro atoms. The second-order valence-electron chi connectivity index (χ2n) is 3.21. The van der Waals surface area contributed by atoms with E-state index in [1.165, 1.54) is 0 Å². The zero-order chi connectivity index (χ0) is 11.7. The van der Waals surface area contributed by atoms with Gasteiger partial charge in [0.1, 0.15) is 0 Å². The Balaban J connectivity index is 3.28. The molecule has 0 aliphatic carbocycles. The molecule has 0 radical (unpaired) electrons. The van der Waals surface area contributed by atoms with E-state index in [2.05, 4.69) is 12.2 Å². The fraction of sp³-hybridized carbons (Fsp3) is 0.889. The lowest BCUT2D eigenvalue weighted by atomic mass is 10.3. The molecule has 0 saturated heterocycles. The molecular weight excluding hydrogens is 209 g/mol. The average molecular weight is 226 g/mol. The monoisotopic (exact) mass is 226 g/mol. The second-order valence-corrected chi connectivity index (χ2v) is 3.21. The first kappa shape index (κ1) is 14.2. The van der Waals surface area contributed by atoms with Crippen LogP contribution in [0.4, 0.5) is 13.2 Å². The van der Waals surface area contributed by atoms with E-state index in [-0.39, 0.29) is 6.54 Å². The van der Waals surface area contributed by atoms with Gasteiger partial charge < -0.3 is 10.6 Å². The largest absolute Gasteiger partial charge is 0.471 e. The third kappa shape index (κ3) is 8.23. The van der Waals surface area contributed by atoms with Gasteiger partial charge in [0.05, 0.1) is 0 Å². The molecule has 3 nitrogen and oxygen atoms in total. The number of nitrogens with one attached hydrogen (secondary N) is 2. The van der Waals surface area contributed by atoms with Crippen molar-refractivity contribution < 1.29 is 18.0 Å². The van der Waals surface area contributed by atoms with E-state index in [0.717, 1.165) is 19.4 Å². The van der Waals surface area contributed by atoms with Crippen LogP contribution in [0.25, 0.3) is 0 Å². The molecule has 0 aromatic carbocycles. The summed E-state index contributed by atoms with van der Waals surface area (Å²) in [5.41, 5.74) is 0. The lowest BCUT2D eigenvalue weighted by Crippen LogP contribution is -2.38. The Kier molecular flexibility index (Phi) is 7.11. The second kappa shape index (κ2) is 7.50. The molecule has 0 heterocycles. The van der Waals surface area contributed by atoms with Gasteiger partial charge in [0.25, 0.3) is 0 Å². The first-order valence-corrected chi connectivity index (χ1v) is 5.04. The SMILES string of the molecule is CCCCNCCCNC(=O)C(F)(F)F. The third-order valence-electron chi connectivity index (χ3n) is 1.78. The van der Waals surface area contributed by atoms with E-state index in [1.807, 2.05) is 5.32 Å². The average Bonchev–Trinajstić information content (AvgIpc) is 2.14. The molecule has 0 atom stereocenters. The number of carbonyl (C=O) groups is 1. The predicted octanol–water partition coefficient (Wildman–Crippen LogP) is 1.44. The Morgan fingerprint density at radius 2 is 1.73 bits per heavy atom. The summed E-state index contributed by atoms with van der Waals surface area (Å²) in [5, 5.41) is 4.88. The van der Waals surface area contributed by atoms with Crippen molar-refractivity contribution in [3.8, 4) is 0 Å². The van der Waals surface area contributed by atoms with E-state index in [9.17, 15) is 18.0 Å². The highest BCUT2D eigenvalue weighted by atomic mass is 19.4. The number of alkyl halides is 3. The number of hydrogen-bond acceptors (Lipinski definition) is 2. The normalized spacial score (nSPS) is 11.5. The topological polar surface area (TPSA) is 41.1 Å². The van der Waals surface area contributed by atoms with Crippen molar-refractivity contribution in [1.29, 1.82) is 0 Å². The number of amides is 1. The number of halogens is 3. The summed E-state index contributed by atoms with van der Waals surface area (Å²) >= 11 is 0. The number of hydrogen-bond donors (Lipinski definition) is 2. The molecular formula is C9H17F3N2O. The molecule has 90 valence electrons.